The predicted octanol–water partition coefficient (Wildman–Crippen LogP) is 3.29. The van der Waals surface area contributed by atoms with Crippen LogP contribution in [0.2, 0.25) is 0 Å². The second-order valence-electron chi connectivity index (χ2n) is 6.69. The molecule has 0 unspecified atom stereocenters. The molecule has 0 atom stereocenters. The highest BCUT2D eigenvalue weighted by Crippen LogP contribution is 2.33. The molecule has 1 aromatic carbocycles. The van der Waals surface area contributed by atoms with Gasteiger partial charge in [0.1, 0.15) is 0 Å². The van der Waals surface area contributed by atoms with E-state index in [1.54, 1.807) is 30.1 Å². The van der Waals surface area contributed by atoms with Crippen molar-refractivity contribution in [1.82, 2.24) is 14.1 Å². The zero-order valence-electron chi connectivity index (χ0n) is 14.4. The van der Waals surface area contributed by atoms with Crippen LogP contribution in [0.3, 0.4) is 0 Å². The maximum atomic E-state index is 12.7. The fraction of sp³-hybridized carbons (Fsp3) is 0.500. The molecule has 5 nitrogen and oxygen atoms in total. The van der Waals surface area contributed by atoms with Gasteiger partial charge in [0.2, 0.25) is 10.0 Å². The fourth-order valence-corrected chi connectivity index (χ4v) is 4.58. The van der Waals surface area contributed by atoms with E-state index in [0.29, 0.717) is 17.4 Å². The van der Waals surface area contributed by atoms with Crippen LogP contribution in [0.1, 0.15) is 49.1 Å². The molecule has 0 spiro atoms. The molecule has 0 bridgehead atoms. The first-order valence-electron chi connectivity index (χ1n) is 8.50. The van der Waals surface area contributed by atoms with Gasteiger partial charge in [0.15, 0.2) is 0 Å². The highest BCUT2D eigenvalue weighted by molar-refractivity contribution is 7.89. The van der Waals surface area contributed by atoms with E-state index in [0.717, 1.165) is 5.56 Å². The second-order valence-corrected chi connectivity index (χ2v) is 8.73. The van der Waals surface area contributed by atoms with Gasteiger partial charge in [0, 0.05) is 32.4 Å². The summed E-state index contributed by atoms with van der Waals surface area (Å²) in [5, 5.41) is 4.08. The standard InChI is InChI=1S/C18H25N3O2S/c1-20-13-15(12-19-20)14-21(2)24(22,23)18-10-8-17(9-11-18)16-6-4-3-5-7-16/h8-13,16H,3-7,14H2,1-2H3. The lowest BCUT2D eigenvalue weighted by atomic mass is 9.84. The van der Waals surface area contributed by atoms with E-state index in [1.807, 2.05) is 25.4 Å². The number of aromatic nitrogens is 2. The molecule has 24 heavy (non-hydrogen) atoms. The minimum Gasteiger partial charge on any atom is -0.275 e. The average molecular weight is 347 g/mol. The number of rotatable bonds is 5. The van der Waals surface area contributed by atoms with Crippen molar-refractivity contribution < 1.29 is 8.42 Å². The van der Waals surface area contributed by atoms with Gasteiger partial charge in [-0.15, -0.1) is 0 Å². The molecular weight excluding hydrogens is 322 g/mol. The molecule has 0 amide bonds. The average Bonchev–Trinajstić information content (AvgIpc) is 3.00. The third-order valence-corrected chi connectivity index (χ3v) is 6.65. The molecular formula is C18H25N3O2S. The first kappa shape index (κ1) is 17.2. The van der Waals surface area contributed by atoms with Crippen LogP contribution in [0.25, 0.3) is 0 Å². The van der Waals surface area contributed by atoms with Gasteiger partial charge in [-0.1, -0.05) is 31.4 Å². The van der Waals surface area contributed by atoms with Gasteiger partial charge in [-0.3, -0.25) is 4.68 Å². The Morgan fingerprint density at radius 3 is 2.42 bits per heavy atom. The normalized spacial score (nSPS) is 16.6. The molecule has 1 saturated carbocycles. The Hall–Kier alpha value is -1.66. The number of sulfonamides is 1. The monoisotopic (exact) mass is 347 g/mol. The maximum absolute atomic E-state index is 12.7. The van der Waals surface area contributed by atoms with Crippen LogP contribution in [-0.2, 0) is 23.6 Å². The summed E-state index contributed by atoms with van der Waals surface area (Å²) in [5.41, 5.74) is 2.14. The SMILES string of the molecule is CN(Cc1cnn(C)c1)S(=O)(=O)c1ccc(C2CCCCC2)cc1. The molecule has 6 heteroatoms. The fourth-order valence-electron chi connectivity index (χ4n) is 3.42. The third-order valence-electron chi connectivity index (χ3n) is 4.83. The van der Waals surface area contributed by atoms with Crippen molar-refractivity contribution in [3.8, 4) is 0 Å². The molecule has 1 aliphatic rings. The van der Waals surface area contributed by atoms with E-state index >= 15 is 0 Å². The minimum absolute atomic E-state index is 0.320. The van der Waals surface area contributed by atoms with Crippen LogP contribution in [0, 0.1) is 0 Å². The summed E-state index contributed by atoms with van der Waals surface area (Å²) in [7, 11) is -0.0492. The zero-order valence-corrected chi connectivity index (χ0v) is 15.2. The Bertz CT molecular complexity index is 775. The van der Waals surface area contributed by atoms with Crippen LogP contribution >= 0.6 is 0 Å². The predicted molar refractivity (Wildman–Crippen MR) is 94.1 cm³/mol. The van der Waals surface area contributed by atoms with Crippen molar-refractivity contribution in [2.24, 2.45) is 7.05 Å². The summed E-state index contributed by atoms with van der Waals surface area (Å²) < 4.78 is 28.5. The summed E-state index contributed by atoms with van der Waals surface area (Å²) >= 11 is 0. The van der Waals surface area contributed by atoms with Crippen molar-refractivity contribution >= 4 is 10.0 Å². The Kier molecular flexibility index (Phi) is 5.06. The molecule has 1 aliphatic carbocycles. The van der Waals surface area contributed by atoms with Gasteiger partial charge in [0.05, 0.1) is 11.1 Å². The van der Waals surface area contributed by atoms with Crippen molar-refractivity contribution in [3.63, 3.8) is 0 Å². The Morgan fingerprint density at radius 1 is 1.17 bits per heavy atom. The lowest BCUT2D eigenvalue weighted by molar-refractivity contribution is 0.443. The lowest BCUT2D eigenvalue weighted by Gasteiger charge is -2.22. The molecule has 1 fully saturated rings. The third kappa shape index (κ3) is 3.70. The second kappa shape index (κ2) is 7.07. The lowest BCUT2D eigenvalue weighted by Crippen LogP contribution is -2.26. The molecule has 130 valence electrons. The molecule has 0 N–H and O–H groups in total. The van der Waals surface area contributed by atoms with Crippen molar-refractivity contribution in [1.29, 1.82) is 0 Å². The van der Waals surface area contributed by atoms with Crippen molar-refractivity contribution in [2.45, 2.75) is 49.5 Å². The van der Waals surface area contributed by atoms with Gasteiger partial charge >= 0.3 is 0 Å². The molecule has 3 rings (SSSR count). The summed E-state index contributed by atoms with van der Waals surface area (Å²) in [6.07, 6.45) is 9.83. The summed E-state index contributed by atoms with van der Waals surface area (Å²) in [6, 6.07) is 7.47. The number of hydrogen-bond donors (Lipinski definition) is 0. The quantitative estimate of drug-likeness (QED) is 0.834. The first-order valence-corrected chi connectivity index (χ1v) is 9.94. The molecule has 1 aromatic heterocycles. The van der Waals surface area contributed by atoms with E-state index in [2.05, 4.69) is 5.10 Å². The van der Waals surface area contributed by atoms with Gasteiger partial charge < -0.3 is 0 Å². The highest BCUT2D eigenvalue weighted by Gasteiger charge is 2.22. The van der Waals surface area contributed by atoms with Gasteiger partial charge in [-0.05, 0) is 36.5 Å². The first-order chi connectivity index (χ1) is 11.5. The van der Waals surface area contributed by atoms with Gasteiger partial charge in [-0.25, -0.2) is 8.42 Å². The smallest absolute Gasteiger partial charge is 0.243 e. The van der Waals surface area contributed by atoms with Crippen LogP contribution in [0.15, 0.2) is 41.6 Å². The highest BCUT2D eigenvalue weighted by atomic mass is 32.2. The van der Waals surface area contributed by atoms with E-state index < -0.39 is 10.0 Å². The number of aryl methyl sites for hydroxylation is 1. The topological polar surface area (TPSA) is 55.2 Å². The van der Waals surface area contributed by atoms with E-state index in [9.17, 15) is 8.42 Å². The molecule has 2 aromatic rings. The summed E-state index contributed by atoms with van der Waals surface area (Å²) in [4.78, 5) is 0.355. The summed E-state index contributed by atoms with van der Waals surface area (Å²) in [5.74, 6) is 0.587. The largest absolute Gasteiger partial charge is 0.275 e. The van der Waals surface area contributed by atoms with Crippen molar-refractivity contribution in [2.75, 3.05) is 7.05 Å². The van der Waals surface area contributed by atoms with Crippen LogP contribution in [-0.4, -0.2) is 29.6 Å². The molecule has 0 saturated heterocycles. The summed E-state index contributed by atoms with van der Waals surface area (Å²) in [6.45, 7) is 0.320. The maximum Gasteiger partial charge on any atom is 0.243 e. The minimum atomic E-state index is -3.48. The molecule has 0 aliphatic heterocycles. The van der Waals surface area contributed by atoms with Crippen molar-refractivity contribution in [3.05, 3.63) is 47.8 Å². The Labute approximate surface area is 144 Å². The van der Waals surface area contributed by atoms with Crippen LogP contribution < -0.4 is 0 Å². The van der Waals surface area contributed by atoms with Crippen LogP contribution in [0.5, 0.6) is 0 Å². The van der Waals surface area contributed by atoms with Gasteiger partial charge in [-0.2, -0.15) is 9.40 Å². The number of benzene rings is 1. The number of hydrogen-bond acceptors (Lipinski definition) is 3. The zero-order chi connectivity index (χ0) is 17.2. The molecule has 1 heterocycles. The number of nitrogens with zero attached hydrogens (tertiary/aromatic N) is 3. The Morgan fingerprint density at radius 2 is 1.83 bits per heavy atom. The van der Waals surface area contributed by atoms with E-state index in [4.69, 9.17) is 0 Å². The molecule has 0 radical (unpaired) electrons. The van der Waals surface area contributed by atoms with E-state index in [1.165, 1.54) is 42.0 Å². The Balaban J connectivity index is 1.73. The van der Waals surface area contributed by atoms with E-state index in [-0.39, 0.29) is 0 Å². The van der Waals surface area contributed by atoms with Crippen LogP contribution in [0.4, 0.5) is 0 Å². The van der Waals surface area contributed by atoms with Gasteiger partial charge in [0.25, 0.3) is 0 Å².